The minimum absolute atomic E-state index is 0.00883. The molecule has 4 rings (SSSR count). The average Bonchev–Trinajstić information content (AvgIpc) is 3.38. The molecule has 0 saturated heterocycles. The number of unbranched alkanes of at least 4 members (excludes halogenated alkanes) is 2. The highest BCUT2D eigenvalue weighted by molar-refractivity contribution is 5.87. The van der Waals surface area contributed by atoms with Gasteiger partial charge in [0.1, 0.15) is 32.5 Å². The lowest BCUT2D eigenvalue weighted by atomic mass is 10.1. The van der Waals surface area contributed by atoms with Crippen LogP contribution in [0.3, 0.4) is 0 Å². The molecule has 0 aliphatic carbocycles. The summed E-state index contributed by atoms with van der Waals surface area (Å²) in [6.45, 7) is 1.83. The van der Waals surface area contributed by atoms with Gasteiger partial charge in [-0.1, -0.05) is 121 Å². The second-order valence-electron chi connectivity index (χ2n) is 16.6. The van der Waals surface area contributed by atoms with Crippen molar-refractivity contribution in [3.05, 3.63) is 144 Å². The number of rotatable bonds is 31. The number of benzene rings is 4. The largest absolute Gasteiger partial charge is 0.445 e. The predicted octanol–water partition coefficient (Wildman–Crippen LogP) is 5.65. The van der Waals surface area contributed by atoms with Crippen molar-refractivity contribution in [1.29, 1.82) is 0 Å². The van der Waals surface area contributed by atoms with Gasteiger partial charge in [0.2, 0.25) is 17.7 Å². The van der Waals surface area contributed by atoms with Crippen molar-refractivity contribution in [3.8, 4) is 0 Å². The van der Waals surface area contributed by atoms with Crippen molar-refractivity contribution < 1.29 is 52.5 Å². The van der Waals surface area contributed by atoms with Gasteiger partial charge in [-0.3, -0.25) is 14.4 Å². The molecular formula is C52H68N8O11. The Morgan fingerprint density at radius 2 is 0.845 bits per heavy atom. The summed E-state index contributed by atoms with van der Waals surface area (Å²) in [4.78, 5) is 92.2. The number of hydrogen-bond donors (Lipinski definition) is 6. The highest BCUT2D eigenvalue weighted by Gasteiger charge is 2.23. The lowest BCUT2D eigenvalue weighted by molar-refractivity contribution is -0.126. The first-order valence-electron chi connectivity index (χ1n) is 23.9. The van der Waals surface area contributed by atoms with Crippen molar-refractivity contribution in [1.82, 2.24) is 31.1 Å². The lowest BCUT2D eigenvalue weighted by Crippen LogP contribution is -2.47. The Balaban J connectivity index is 1.32. The third-order valence-corrected chi connectivity index (χ3v) is 10.8. The Kier molecular flexibility index (Phi) is 26.0. The summed E-state index contributed by atoms with van der Waals surface area (Å²) >= 11 is 0. The van der Waals surface area contributed by atoms with E-state index in [2.05, 4.69) is 21.3 Å². The van der Waals surface area contributed by atoms with E-state index in [4.69, 9.17) is 30.4 Å². The Bertz CT molecular complexity index is 2210. The molecular weight excluding hydrogens is 913 g/mol. The molecule has 7 amide bonds. The summed E-state index contributed by atoms with van der Waals surface area (Å²) in [5.41, 5.74) is 14.1. The van der Waals surface area contributed by atoms with E-state index in [1.54, 1.807) is 4.90 Å². The van der Waals surface area contributed by atoms with E-state index in [-0.39, 0.29) is 78.5 Å². The minimum atomic E-state index is -1.05. The first kappa shape index (κ1) is 55.9. The zero-order chi connectivity index (χ0) is 50.9. The van der Waals surface area contributed by atoms with Crippen molar-refractivity contribution in [2.75, 3.05) is 45.8 Å². The first-order valence-corrected chi connectivity index (χ1v) is 23.9. The monoisotopic (exact) mass is 981 g/mol. The van der Waals surface area contributed by atoms with Gasteiger partial charge in [-0.2, -0.15) is 0 Å². The van der Waals surface area contributed by atoms with Crippen LogP contribution in [-0.4, -0.2) is 110 Å². The predicted molar refractivity (Wildman–Crippen MR) is 265 cm³/mol. The lowest BCUT2D eigenvalue weighted by Gasteiger charge is -2.26. The number of ether oxygens (including phenoxy) is 4. The molecule has 19 nitrogen and oxygen atoms in total. The van der Waals surface area contributed by atoms with E-state index in [1.807, 2.05) is 121 Å². The van der Waals surface area contributed by atoms with Gasteiger partial charge in [-0.25, -0.2) is 19.2 Å². The van der Waals surface area contributed by atoms with Crippen molar-refractivity contribution >= 4 is 42.1 Å². The molecule has 8 N–H and O–H groups in total. The van der Waals surface area contributed by atoms with Crippen molar-refractivity contribution in [3.63, 3.8) is 0 Å². The quantitative estimate of drug-likeness (QED) is 0.0264. The zero-order valence-corrected chi connectivity index (χ0v) is 40.2. The van der Waals surface area contributed by atoms with Crippen LogP contribution < -0.4 is 32.7 Å². The maximum absolute atomic E-state index is 13.6. The van der Waals surface area contributed by atoms with Gasteiger partial charge in [0.25, 0.3) is 0 Å². The third kappa shape index (κ3) is 23.9. The van der Waals surface area contributed by atoms with Crippen LogP contribution >= 0.6 is 0 Å². The van der Waals surface area contributed by atoms with Gasteiger partial charge in [-0.15, -0.1) is 0 Å². The molecule has 0 saturated carbocycles. The molecule has 0 unspecified atom stereocenters. The summed E-state index contributed by atoms with van der Waals surface area (Å²) in [6.07, 6.45) is 0.139. The van der Waals surface area contributed by atoms with Crippen LogP contribution in [0.4, 0.5) is 19.2 Å². The minimum Gasteiger partial charge on any atom is -0.445 e. The van der Waals surface area contributed by atoms with Crippen LogP contribution in [0.5, 0.6) is 0 Å². The second-order valence-corrected chi connectivity index (χ2v) is 16.6. The van der Waals surface area contributed by atoms with E-state index >= 15 is 0 Å². The first-order chi connectivity index (χ1) is 34.5. The van der Waals surface area contributed by atoms with Crippen LogP contribution in [0.25, 0.3) is 0 Å². The van der Waals surface area contributed by atoms with E-state index in [9.17, 15) is 33.6 Å². The van der Waals surface area contributed by atoms with Gasteiger partial charge < -0.3 is 61.5 Å². The van der Waals surface area contributed by atoms with Crippen LogP contribution in [0.15, 0.2) is 121 Å². The number of alkyl carbamates (subject to hydrolysis) is 2. The van der Waals surface area contributed by atoms with Crippen LogP contribution in [0.1, 0.15) is 73.6 Å². The molecule has 0 aliphatic heterocycles. The molecule has 0 spiro atoms. The summed E-state index contributed by atoms with van der Waals surface area (Å²) in [5.74, 6) is -1.63. The molecule has 0 bridgehead atoms. The molecule has 4 aromatic carbocycles. The fourth-order valence-electron chi connectivity index (χ4n) is 6.96. The Hall–Kier alpha value is -7.67. The number of nitrogens with one attached hydrogen (secondary N) is 4. The topological polar surface area (TPSA) is 263 Å². The molecule has 0 heterocycles. The summed E-state index contributed by atoms with van der Waals surface area (Å²) in [7, 11) is 0. The second kappa shape index (κ2) is 33.0. The molecule has 0 aromatic heterocycles. The fourth-order valence-corrected chi connectivity index (χ4v) is 6.96. The third-order valence-electron chi connectivity index (χ3n) is 10.8. The standard InChI is InChI=1S/C52H68N8O11/c53-44(35-46(54)61)47(62)55-28-15-16-31-59(51(66)70-38-42-23-9-3-10-24-42)33-18-34-60(52(67)71-39-43-25-11-4-12-26-43)32-17-30-56-48(63)45(58-50(65)69-37-41-21-7-2-8-22-41)27-13-14-29-57-49(64)68-36-40-19-5-1-6-20-40/h1-12,19-26,44-45H,13-18,27-39,53H2,(H2,54,61)(H,55,62)(H,56,63)(H,57,64)(H,58,65)/t44-,45-/m0/s1. The molecule has 382 valence electrons. The van der Waals surface area contributed by atoms with Crippen LogP contribution in [0.2, 0.25) is 0 Å². The Morgan fingerprint density at radius 3 is 1.34 bits per heavy atom. The van der Waals surface area contributed by atoms with E-state index < -0.39 is 54.2 Å². The Labute approximate surface area is 415 Å². The molecule has 2 atom stereocenters. The highest BCUT2D eigenvalue weighted by Crippen LogP contribution is 2.10. The average molecular weight is 981 g/mol. The highest BCUT2D eigenvalue weighted by atomic mass is 16.6. The number of primary amides is 1. The van der Waals surface area contributed by atoms with Crippen LogP contribution in [0, 0.1) is 0 Å². The fraction of sp³-hybridized carbons (Fsp3) is 0.404. The number of hydrogen-bond acceptors (Lipinski definition) is 12. The van der Waals surface area contributed by atoms with Crippen LogP contribution in [-0.2, 0) is 59.8 Å². The maximum Gasteiger partial charge on any atom is 0.410 e. The molecule has 0 fully saturated rings. The summed E-state index contributed by atoms with van der Waals surface area (Å²) in [6, 6.07) is 34.9. The Morgan fingerprint density at radius 1 is 0.451 bits per heavy atom. The molecule has 19 heteroatoms. The molecule has 0 aliphatic rings. The van der Waals surface area contributed by atoms with Gasteiger partial charge in [0.15, 0.2) is 0 Å². The normalized spacial score (nSPS) is 11.5. The molecule has 0 radical (unpaired) electrons. The molecule has 4 aromatic rings. The van der Waals surface area contributed by atoms with Gasteiger partial charge in [0.05, 0.1) is 12.5 Å². The number of carbonyl (C=O) groups excluding carboxylic acids is 7. The van der Waals surface area contributed by atoms with E-state index in [0.717, 1.165) is 22.3 Å². The number of nitrogens with zero attached hydrogens (tertiary/aromatic N) is 2. The molecule has 71 heavy (non-hydrogen) atoms. The van der Waals surface area contributed by atoms with Gasteiger partial charge in [0, 0.05) is 45.8 Å². The summed E-state index contributed by atoms with van der Waals surface area (Å²) in [5, 5.41) is 10.9. The maximum atomic E-state index is 13.6. The van der Waals surface area contributed by atoms with Gasteiger partial charge >= 0.3 is 24.4 Å². The SMILES string of the molecule is NC(=O)C[C@H](N)C(=O)NCCCCN(CCCN(CCCNC(=O)[C@H](CCCCNC(=O)OCc1ccccc1)NC(=O)OCc1ccccc1)C(=O)OCc1ccccc1)C(=O)OCc1ccccc1. The number of carbonyl (C=O) groups is 7. The van der Waals surface area contributed by atoms with E-state index in [1.165, 1.54) is 4.90 Å². The van der Waals surface area contributed by atoms with Crippen molar-refractivity contribution in [2.24, 2.45) is 11.5 Å². The zero-order valence-electron chi connectivity index (χ0n) is 40.2. The number of nitrogens with two attached hydrogens (primary N) is 2. The van der Waals surface area contributed by atoms with Gasteiger partial charge in [-0.05, 0) is 67.2 Å². The summed E-state index contributed by atoms with van der Waals surface area (Å²) < 4.78 is 22.0. The van der Waals surface area contributed by atoms with Crippen molar-refractivity contribution in [2.45, 2.75) is 89.9 Å². The smallest absolute Gasteiger partial charge is 0.410 e. The number of amides is 7. The van der Waals surface area contributed by atoms with E-state index in [0.29, 0.717) is 45.1 Å².